The van der Waals surface area contributed by atoms with Crippen molar-refractivity contribution in [1.29, 1.82) is 0 Å². The molecule has 0 spiro atoms. The van der Waals surface area contributed by atoms with Gasteiger partial charge in [0.05, 0.1) is 0 Å². The Morgan fingerprint density at radius 2 is 1.89 bits per heavy atom. The number of ether oxygens (including phenoxy) is 1. The van der Waals surface area contributed by atoms with E-state index in [9.17, 15) is 9.59 Å². The summed E-state index contributed by atoms with van der Waals surface area (Å²) in [5.74, 6) is -0.00524. The van der Waals surface area contributed by atoms with Gasteiger partial charge in [-0.05, 0) is 48.6 Å². The molecule has 5 heteroatoms. The first-order valence-corrected chi connectivity index (χ1v) is 9.29. The summed E-state index contributed by atoms with van der Waals surface area (Å²) in [4.78, 5) is 26.1. The second kappa shape index (κ2) is 8.82. The second-order valence-corrected chi connectivity index (χ2v) is 7.02. The summed E-state index contributed by atoms with van der Waals surface area (Å²) in [6.45, 7) is 3.42. The Hall–Kier alpha value is -2.66. The maximum atomic E-state index is 12.3. The van der Waals surface area contributed by atoms with E-state index in [1.165, 1.54) is 18.2 Å². The third-order valence-corrected chi connectivity index (χ3v) is 4.88. The molecule has 27 heavy (non-hydrogen) atoms. The maximum absolute atomic E-state index is 12.3. The monoisotopic (exact) mass is 366 g/mol. The van der Waals surface area contributed by atoms with E-state index in [2.05, 4.69) is 36.5 Å². The van der Waals surface area contributed by atoms with Gasteiger partial charge in [0.25, 0.3) is 0 Å². The molecule has 0 atom stereocenters. The van der Waals surface area contributed by atoms with Crippen LogP contribution in [0.5, 0.6) is 0 Å². The van der Waals surface area contributed by atoms with Gasteiger partial charge >= 0.3 is 0 Å². The van der Waals surface area contributed by atoms with E-state index in [-0.39, 0.29) is 18.4 Å². The minimum absolute atomic E-state index is 0.00125. The van der Waals surface area contributed by atoms with Crippen LogP contribution in [0, 0.1) is 6.92 Å². The molecule has 0 radical (unpaired) electrons. The molecule has 0 bridgehead atoms. The largest absolute Gasteiger partial charge is 0.375 e. The molecule has 1 heterocycles. The highest BCUT2D eigenvalue weighted by atomic mass is 16.5. The van der Waals surface area contributed by atoms with Gasteiger partial charge in [0.15, 0.2) is 0 Å². The molecule has 2 aromatic rings. The number of carbonyl (C=O) groups excluding carboxylic acids is 2. The lowest BCUT2D eigenvalue weighted by atomic mass is 9.99. The van der Waals surface area contributed by atoms with Crippen molar-refractivity contribution in [2.75, 3.05) is 25.6 Å². The molecule has 2 amide bonds. The van der Waals surface area contributed by atoms with Crippen molar-refractivity contribution in [3.63, 3.8) is 0 Å². The first-order chi connectivity index (χ1) is 13.0. The van der Waals surface area contributed by atoms with Gasteiger partial charge in [0.1, 0.15) is 6.61 Å². The van der Waals surface area contributed by atoms with Gasteiger partial charge in [0.2, 0.25) is 11.8 Å². The molecule has 3 rings (SSSR count). The van der Waals surface area contributed by atoms with Crippen LogP contribution in [0.15, 0.2) is 42.5 Å². The Kier molecular flexibility index (Phi) is 6.24. The Bertz CT molecular complexity index is 815. The fraction of sp³-hybridized carbons (Fsp3) is 0.364. The number of hydrogen-bond donors (Lipinski definition) is 1. The molecule has 1 N–H and O–H groups in total. The van der Waals surface area contributed by atoms with E-state index in [0.29, 0.717) is 19.5 Å². The quantitative estimate of drug-likeness (QED) is 0.855. The highest BCUT2D eigenvalue weighted by Crippen LogP contribution is 2.23. The van der Waals surface area contributed by atoms with Crippen LogP contribution < -0.4 is 5.32 Å². The van der Waals surface area contributed by atoms with Gasteiger partial charge in [-0.2, -0.15) is 0 Å². The first kappa shape index (κ1) is 19.1. The van der Waals surface area contributed by atoms with Crippen LogP contribution in [0.1, 0.15) is 28.7 Å². The molecule has 0 unspecified atom stereocenters. The molecule has 0 saturated heterocycles. The maximum Gasteiger partial charge on any atom is 0.248 e. The molecule has 142 valence electrons. The number of rotatable bonds is 6. The standard InChI is InChI=1S/C22H26N2O3/c1-16-3-5-17(6-4-16)7-10-21(25)23-20-9-8-18-11-12-24(14-19(18)13-20)22(26)15-27-2/h3-6,8-9,13H,7,10-12,14-15H2,1-2H3,(H,23,25). The fourth-order valence-corrected chi connectivity index (χ4v) is 3.30. The highest BCUT2D eigenvalue weighted by molar-refractivity contribution is 5.91. The van der Waals surface area contributed by atoms with Crippen LogP contribution in [-0.4, -0.2) is 37.0 Å². The van der Waals surface area contributed by atoms with Crippen molar-refractivity contribution >= 4 is 17.5 Å². The predicted molar refractivity (Wildman–Crippen MR) is 106 cm³/mol. The third kappa shape index (κ3) is 5.17. The van der Waals surface area contributed by atoms with Crippen LogP contribution in [0.3, 0.4) is 0 Å². The van der Waals surface area contributed by atoms with E-state index in [4.69, 9.17) is 4.74 Å². The van der Waals surface area contributed by atoms with Crippen LogP contribution in [0.2, 0.25) is 0 Å². The third-order valence-electron chi connectivity index (χ3n) is 4.88. The smallest absolute Gasteiger partial charge is 0.248 e. The number of benzene rings is 2. The summed E-state index contributed by atoms with van der Waals surface area (Å²) < 4.78 is 4.94. The van der Waals surface area contributed by atoms with Crippen molar-refractivity contribution < 1.29 is 14.3 Å². The predicted octanol–water partition coefficient (Wildman–Crippen LogP) is 3.10. The zero-order chi connectivity index (χ0) is 19.2. The SMILES string of the molecule is COCC(=O)N1CCc2ccc(NC(=O)CCc3ccc(C)cc3)cc2C1. The molecule has 1 aliphatic rings. The number of fused-ring (bicyclic) bond motifs is 1. The Labute approximate surface area is 160 Å². The number of anilines is 1. The molecule has 5 nitrogen and oxygen atoms in total. The molecule has 0 aliphatic carbocycles. The van der Waals surface area contributed by atoms with Crippen LogP contribution in [-0.2, 0) is 33.7 Å². The normalized spacial score (nSPS) is 13.2. The minimum atomic E-state index is -0.00399. The summed E-state index contributed by atoms with van der Waals surface area (Å²) in [5, 5.41) is 2.98. The average Bonchev–Trinajstić information content (AvgIpc) is 2.67. The summed E-state index contributed by atoms with van der Waals surface area (Å²) in [7, 11) is 1.53. The van der Waals surface area contributed by atoms with Gasteiger partial charge < -0.3 is 15.0 Å². The van der Waals surface area contributed by atoms with Crippen molar-refractivity contribution in [1.82, 2.24) is 4.90 Å². The molecular weight excluding hydrogens is 340 g/mol. The lowest BCUT2D eigenvalue weighted by molar-refractivity contribution is -0.136. The molecule has 1 aliphatic heterocycles. The molecular formula is C22H26N2O3. The number of amides is 2. The van der Waals surface area contributed by atoms with E-state index < -0.39 is 0 Å². The van der Waals surface area contributed by atoms with E-state index in [1.54, 1.807) is 4.90 Å². The molecule has 0 fully saturated rings. The molecule has 0 saturated carbocycles. The van der Waals surface area contributed by atoms with Crippen molar-refractivity contribution in [2.24, 2.45) is 0 Å². The Balaban J connectivity index is 1.58. The first-order valence-electron chi connectivity index (χ1n) is 9.29. The number of nitrogens with one attached hydrogen (secondary N) is 1. The Morgan fingerprint density at radius 1 is 1.11 bits per heavy atom. The average molecular weight is 366 g/mol. The Morgan fingerprint density at radius 3 is 2.63 bits per heavy atom. The van der Waals surface area contributed by atoms with Gasteiger partial charge in [-0.3, -0.25) is 9.59 Å². The number of hydrogen-bond acceptors (Lipinski definition) is 3. The highest BCUT2D eigenvalue weighted by Gasteiger charge is 2.20. The van der Waals surface area contributed by atoms with Gasteiger partial charge in [-0.15, -0.1) is 0 Å². The lowest BCUT2D eigenvalue weighted by Crippen LogP contribution is -2.38. The zero-order valence-electron chi connectivity index (χ0n) is 16.0. The second-order valence-electron chi connectivity index (χ2n) is 7.02. The van der Waals surface area contributed by atoms with Gasteiger partial charge in [0, 0.05) is 32.3 Å². The summed E-state index contributed by atoms with van der Waals surface area (Å²) >= 11 is 0. The van der Waals surface area contributed by atoms with Gasteiger partial charge in [-0.25, -0.2) is 0 Å². The van der Waals surface area contributed by atoms with E-state index >= 15 is 0 Å². The van der Waals surface area contributed by atoms with Crippen LogP contribution in [0.4, 0.5) is 5.69 Å². The molecule has 0 aromatic heterocycles. The summed E-state index contributed by atoms with van der Waals surface area (Å²) in [6.07, 6.45) is 1.99. The van der Waals surface area contributed by atoms with E-state index in [0.717, 1.165) is 29.7 Å². The van der Waals surface area contributed by atoms with Crippen LogP contribution in [0.25, 0.3) is 0 Å². The van der Waals surface area contributed by atoms with Gasteiger partial charge in [-0.1, -0.05) is 35.9 Å². The topological polar surface area (TPSA) is 58.6 Å². The summed E-state index contributed by atoms with van der Waals surface area (Å²) in [6, 6.07) is 14.2. The van der Waals surface area contributed by atoms with Crippen molar-refractivity contribution in [2.45, 2.75) is 32.7 Å². The zero-order valence-corrected chi connectivity index (χ0v) is 16.0. The van der Waals surface area contributed by atoms with Crippen molar-refractivity contribution in [3.8, 4) is 0 Å². The number of aryl methyl sites for hydroxylation is 2. The van der Waals surface area contributed by atoms with Crippen LogP contribution >= 0.6 is 0 Å². The number of nitrogens with zero attached hydrogens (tertiary/aromatic N) is 1. The van der Waals surface area contributed by atoms with E-state index in [1.807, 2.05) is 18.2 Å². The summed E-state index contributed by atoms with van der Waals surface area (Å²) in [5.41, 5.74) is 5.48. The number of methoxy groups -OCH3 is 1. The lowest BCUT2D eigenvalue weighted by Gasteiger charge is -2.29. The number of carbonyl (C=O) groups is 2. The fourth-order valence-electron chi connectivity index (χ4n) is 3.30. The van der Waals surface area contributed by atoms with Crippen molar-refractivity contribution in [3.05, 3.63) is 64.7 Å². The molecule has 2 aromatic carbocycles. The minimum Gasteiger partial charge on any atom is -0.375 e.